The van der Waals surface area contributed by atoms with E-state index in [9.17, 15) is 9.59 Å². The fourth-order valence-corrected chi connectivity index (χ4v) is 2.85. The molecule has 0 aliphatic rings. The first-order valence-electron chi connectivity index (χ1n) is 8.52. The molecule has 0 saturated heterocycles. The van der Waals surface area contributed by atoms with Crippen LogP contribution in [-0.2, 0) is 6.54 Å². The van der Waals surface area contributed by atoms with Crippen LogP contribution in [-0.4, -0.2) is 34.4 Å². The molecule has 0 aliphatic heterocycles. The molecule has 2 aromatic heterocycles. The maximum atomic E-state index is 12.7. The van der Waals surface area contributed by atoms with Crippen molar-refractivity contribution in [3.05, 3.63) is 70.3 Å². The van der Waals surface area contributed by atoms with Crippen LogP contribution in [0, 0.1) is 0 Å². The van der Waals surface area contributed by atoms with Crippen LogP contribution in [0.2, 0.25) is 0 Å². The van der Waals surface area contributed by atoms with E-state index in [1.165, 1.54) is 0 Å². The van der Waals surface area contributed by atoms with Crippen molar-refractivity contribution < 1.29 is 9.53 Å². The summed E-state index contributed by atoms with van der Waals surface area (Å²) >= 11 is 0. The van der Waals surface area contributed by atoms with Crippen molar-refractivity contribution in [3.63, 3.8) is 0 Å². The molecule has 0 unspecified atom stereocenters. The van der Waals surface area contributed by atoms with Gasteiger partial charge in [-0.3, -0.25) is 14.6 Å². The van der Waals surface area contributed by atoms with Gasteiger partial charge >= 0.3 is 0 Å². The molecular weight excluding hydrogens is 330 g/mol. The smallest absolute Gasteiger partial charge is 0.272 e. The lowest BCUT2D eigenvalue weighted by molar-refractivity contribution is 0.0736. The summed E-state index contributed by atoms with van der Waals surface area (Å²) in [5.74, 6) is 0.500. The van der Waals surface area contributed by atoms with Gasteiger partial charge in [0.25, 0.3) is 11.5 Å². The number of ether oxygens (including phenoxy) is 1. The number of hydrogen-bond donors (Lipinski definition) is 1. The van der Waals surface area contributed by atoms with E-state index in [0.717, 1.165) is 11.8 Å². The second kappa shape index (κ2) is 7.82. The van der Waals surface area contributed by atoms with Gasteiger partial charge in [0.05, 0.1) is 19.2 Å². The molecule has 0 spiro atoms. The van der Waals surface area contributed by atoms with E-state index in [-0.39, 0.29) is 18.0 Å². The van der Waals surface area contributed by atoms with Gasteiger partial charge in [-0.25, -0.2) is 0 Å². The summed E-state index contributed by atoms with van der Waals surface area (Å²) in [4.78, 5) is 33.9. The van der Waals surface area contributed by atoms with Gasteiger partial charge < -0.3 is 14.6 Å². The highest BCUT2D eigenvalue weighted by Gasteiger charge is 2.18. The van der Waals surface area contributed by atoms with Crippen LogP contribution < -0.4 is 10.3 Å². The number of hydrogen-bond acceptors (Lipinski definition) is 4. The number of H-pyrrole nitrogens is 1. The summed E-state index contributed by atoms with van der Waals surface area (Å²) in [7, 11) is 1.58. The zero-order chi connectivity index (χ0) is 18.5. The molecule has 3 rings (SSSR count). The summed E-state index contributed by atoms with van der Waals surface area (Å²) in [5.41, 5.74) is 1.42. The number of methoxy groups -OCH3 is 1. The number of nitrogens with one attached hydrogen (secondary N) is 1. The zero-order valence-electron chi connectivity index (χ0n) is 14.9. The zero-order valence-corrected chi connectivity index (χ0v) is 14.9. The van der Waals surface area contributed by atoms with Crippen LogP contribution in [0.25, 0.3) is 10.9 Å². The summed E-state index contributed by atoms with van der Waals surface area (Å²) in [6.45, 7) is 2.78. The fourth-order valence-electron chi connectivity index (χ4n) is 2.85. The number of amides is 1. The number of pyridine rings is 2. The quantitative estimate of drug-likeness (QED) is 0.741. The Hall–Kier alpha value is -3.15. The molecule has 1 amide bonds. The van der Waals surface area contributed by atoms with E-state index in [1.54, 1.807) is 42.5 Å². The Labute approximate surface area is 151 Å². The second-order valence-corrected chi connectivity index (χ2v) is 6.02. The highest BCUT2D eigenvalue weighted by Crippen LogP contribution is 2.19. The Morgan fingerprint density at radius 1 is 1.23 bits per heavy atom. The molecule has 26 heavy (non-hydrogen) atoms. The maximum absolute atomic E-state index is 12.7. The number of aromatic nitrogens is 2. The second-order valence-electron chi connectivity index (χ2n) is 6.02. The lowest BCUT2D eigenvalue weighted by Gasteiger charge is -2.21. The van der Waals surface area contributed by atoms with Gasteiger partial charge in [0.15, 0.2) is 0 Å². The number of rotatable bonds is 6. The third kappa shape index (κ3) is 3.74. The number of nitrogens with zero attached hydrogens (tertiary/aromatic N) is 2. The first-order chi connectivity index (χ1) is 12.6. The minimum atomic E-state index is -0.208. The topological polar surface area (TPSA) is 75.3 Å². The lowest BCUT2D eigenvalue weighted by atomic mass is 10.1. The Balaban J connectivity index is 1.92. The predicted octanol–water partition coefficient (Wildman–Crippen LogP) is 2.98. The first-order valence-corrected chi connectivity index (χ1v) is 8.52. The summed E-state index contributed by atoms with van der Waals surface area (Å²) in [6, 6.07) is 12.6. The number of carbonyl (C=O) groups excluding carboxylic acids is 1. The van der Waals surface area contributed by atoms with Gasteiger partial charge in [0.1, 0.15) is 11.4 Å². The van der Waals surface area contributed by atoms with E-state index in [0.29, 0.717) is 29.1 Å². The van der Waals surface area contributed by atoms with Crippen LogP contribution in [0.15, 0.2) is 53.5 Å². The average molecular weight is 351 g/mol. The SMILES string of the molecule is CCCN(Cc1cc2ccc(OC)cc2[nH]c1=O)C(=O)c1ccccn1. The third-order valence-electron chi connectivity index (χ3n) is 4.16. The highest BCUT2D eigenvalue weighted by atomic mass is 16.5. The van der Waals surface area contributed by atoms with Crippen LogP contribution >= 0.6 is 0 Å². The van der Waals surface area contributed by atoms with E-state index in [1.807, 2.05) is 25.1 Å². The summed E-state index contributed by atoms with van der Waals surface area (Å²) < 4.78 is 5.19. The van der Waals surface area contributed by atoms with Crippen molar-refractivity contribution in [1.82, 2.24) is 14.9 Å². The van der Waals surface area contributed by atoms with E-state index < -0.39 is 0 Å². The van der Waals surface area contributed by atoms with E-state index >= 15 is 0 Å². The molecule has 0 fully saturated rings. The Kier molecular flexibility index (Phi) is 5.31. The molecule has 0 bridgehead atoms. The molecule has 0 saturated carbocycles. The molecule has 6 nitrogen and oxygen atoms in total. The van der Waals surface area contributed by atoms with Gasteiger partial charge in [-0.05, 0) is 42.1 Å². The van der Waals surface area contributed by atoms with Crippen LogP contribution in [0.4, 0.5) is 0 Å². The minimum absolute atomic E-state index is 0.179. The molecular formula is C20H21N3O3. The largest absolute Gasteiger partial charge is 0.497 e. The average Bonchev–Trinajstić information content (AvgIpc) is 2.67. The Morgan fingerprint density at radius 2 is 2.08 bits per heavy atom. The van der Waals surface area contributed by atoms with E-state index in [2.05, 4.69) is 9.97 Å². The lowest BCUT2D eigenvalue weighted by Crippen LogP contribution is -2.34. The molecule has 134 valence electrons. The fraction of sp³-hybridized carbons (Fsp3) is 0.250. The number of fused-ring (bicyclic) bond motifs is 1. The van der Waals surface area contributed by atoms with Crippen molar-refractivity contribution in [3.8, 4) is 5.75 Å². The molecule has 3 aromatic rings. The van der Waals surface area contributed by atoms with Crippen molar-refractivity contribution in [2.24, 2.45) is 0 Å². The van der Waals surface area contributed by atoms with Crippen molar-refractivity contribution in [2.45, 2.75) is 19.9 Å². The van der Waals surface area contributed by atoms with Crippen LogP contribution in [0.1, 0.15) is 29.4 Å². The molecule has 0 atom stereocenters. The number of benzene rings is 1. The van der Waals surface area contributed by atoms with E-state index in [4.69, 9.17) is 4.74 Å². The predicted molar refractivity (Wildman–Crippen MR) is 100 cm³/mol. The van der Waals surface area contributed by atoms with Crippen molar-refractivity contribution >= 4 is 16.8 Å². The Bertz CT molecular complexity index is 967. The Morgan fingerprint density at radius 3 is 2.77 bits per heavy atom. The van der Waals surface area contributed by atoms with Crippen LogP contribution in [0.3, 0.4) is 0 Å². The third-order valence-corrected chi connectivity index (χ3v) is 4.16. The standard InChI is InChI=1S/C20H21N3O3/c1-3-10-23(20(25)17-6-4-5-9-21-17)13-15-11-14-7-8-16(26-2)12-18(14)22-19(15)24/h4-9,11-12H,3,10,13H2,1-2H3,(H,22,24). The van der Waals surface area contributed by atoms with Crippen molar-refractivity contribution in [2.75, 3.05) is 13.7 Å². The molecule has 1 aromatic carbocycles. The monoisotopic (exact) mass is 351 g/mol. The first kappa shape index (κ1) is 17.7. The summed E-state index contributed by atoms with van der Waals surface area (Å²) in [6.07, 6.45) is 2.38. The molecule has 0 radical (unpaired) electrons. The molecule has 0 aliphatic carbocycles. The minimum Gasteiger partial charge on any atom is -0.497 e. The van der Waals surface area contributed by atoms with Gasteiger partial charge in [-0.2, -0.15) is 0 Å². The number of aromatic amines is 1. The van der Waals surface area contributed by atoms with Gasteiger partial charge in [-0.15, -0.1) is 0 Å². The molecule has 6 heteroatoms. The van der Waals surface area contributed by atoms with Crippen molar-refractivity contribution in [1.29, 1.82) is 0 Å². The van der Waals surface area contributed by atoms with Gasteiger partial charge in [0.2, 0.25) is 0 Å². The normalized spacial score (nSPS) is 10.7. The maximum Gasteiger partial charge on any atom is 0.272 e. The van der Waals surface area contributed by atoms with Gasteiger partial charge in [0, 0.05) is 24.4 Å². The molecule has 1 N–H and O–H groups in total. The van der Waals surface area contributed by atoms with Gasteiger partial charge in [-0.1, -0.05) is 13.0 Å². The summed E-state index contributed by atoms with van der Waals surface area (Å²) in [5, 5.41) is 0.891. The number of carbonyl (C=O) groups is 1. The molecule has 2 heterocycles. The highest BCUT2D eigenvalue weighted by molar-refractivity contribution is 5.92. The van der Waals surface area contributed by atoms with Crippen LogP contribution in [0.5, 0.6) is 5.75 Å².